The molecule has 1 aromatic rings. The lowest BCUT2D eigenvalue weighted by atomic mass is 9.75. The molecule has 0 aromatic heterocycles. The minimum absolute atomic E-state index is 0.288. The summed E-state index contributed by atoms with van der Waals surface area (Å²) in [5, 5.41) is 0. The van der Waals surface area contributed by atoms with Gasteiger partial charge in [-0.15, -0.1) is 0 Å². The smallest absolute Gasteiger partial charge is 0.336 e. The van der Waals surface area contributed by atoms with Gasteiger partial charge in [0.2, 0.25) is 0 Å². The van der Waals surface area contributed by atoms with Crippen molar-refractivity contribution < 1.29 is 19.1 Å². The number of carbonyl (C=O) groups is 2. The summed E-state index contributed by atoms with van der Waals surface area (Å²) in [6, 6.07) is 7.80. The van der Waals surface area contributed by atoms with Gasteiger partial charge in [0.1, 0.15) is 5.92 Å². The minimum Gasteiger partial charge on any atom is -0.468 e. The van der Waals surface area contributed by atoms with E-state index in [0.717, 1.165) is 17.5 Å². The Bertz CT molecular complexity index is 839. The standard InChI is InChI=1S/C23H30N2O4/c1-15-10-9-11-18(14-15)21-19(22(26)28-4)16(2)25-17(3)20(21)23(27)29-13-8-6-5-7-12-24/h5,7,9-11,14,19,21H,6,8,12-13,24H2,1-4H3. The molecule has 0 saturated heterocycles. The van der Waals surface area contributed by atoms with Crippen LogP contribution >= 0.6 is 0 Å². The number of ether oxygens (including phenoxy) is 2. The Kier molecular flexibility index (Phi) is 8.34. The second kappa shape index (κ2) is 10.7. The fraction of sp³-hybridized carbons (Fsp3) is 0.435. The second-order valence-electron chi connectivity index (χ2n) is 7.13. The van der Waals surface area contributed by atoms with E-state index in [-0.39, 0.29) is 6.61 Å². The SMILES string of the molecule is COC(=O)C1C(C)=NC(C)=C(C(=O)OCCCC=CCN)C1c1cccc(C)c1. The molecule has 2 rings (SSSR count). The fourth-order valence-corrected chi connectivity index (χ4v) is 3.62. The van der Waals surface area contributed by atoms with Gasteiger partial charge in [-0.25, -0.2) is 4.79 Å². The lowest BCUT2D eigenvalue weighted by Crippen LogP contribution is -2.36. The number of allylic oxidation sites excluding steroid dienone is 2. The highest BCUT2D eigenvalue weighted by Crippen LogP contribution is 2.40. The van der Waals surface area contributed by atoms with Crippen molar-refractivity contribution in [3.8, 4) is 0 Å². The molecule has 0 bridgehead atoms. The maximum absolute atomic E-state index is 13.0. The second-order valence-corrected chi connectivity index (χ2v) is 7.13. The fourth-order valence-electron chi connectivity index (χ4n) is 3.62. The van der Waals surface area contributed by atoms with Gasteiger partial charge in [-0.3, -0.25) is 9.79 Å². The summed E-state index contributed by atoms with van der Waals surface area (Å²) in [5.74, 6) is -2.02. The largest absolute Gasteiger partial charge is 0.468 e. The van der Waals surface area contributed by atoms with E-state index in [1.54, 1.807) is 13.8 Å². The first kappa shape index (κ1) is 22.6. The summed E-state index contributed by atoms with van der Waals surface area (Å²) in [6.45, 7) is 6.33. The summed E-state index contributed by atoms with van der Waals surface area (Å²) in [4.78, 5) is 30.0. The third kappa shape index (κ3) is 5.64. The van der Waals surface area contributed by atoms with E-state index in [2.05, 4.69) is 4.99 Å². The normalized spacial score (nSPS) is 19.3. The van der Waals surface area contributed by atoms with E-state index < -0.39 is 23.8 Å². The van der Waals surface area contributed by atoms with Crippen molar-refractivity contribution in [2.24, 2.45) is 16.6 Å². The minimum atomic E-state index is -0.666. The number of aryl methyl sites for hydroxylation is 1. The highest BCUT2D eigenvalue weighted by Gasteiger charge is 2.42. The quantitative estimate of drug-likeness (QED) is 0.411. The molecule has 6 nitrogen and oxygen atoms in total. The summed E-state index contributed by atoms with van der Waals surface area (Å²) >= 11 is 0. The number of benzene rings is 1. The number of nitrogens with zero attached hydrogens (tertiary/aromatic N) is 1. The summed E-state index contributed by atoms with van der Waals surface area (Å²) in [5.41, 5.74) is 8.94. The number of rotatable bonds is 8. The zero-order valence-electron chi connectivity index (χ0n) is 17.6. The number of methoxy groups -OCH3 is 1. The van der Waals surface area contributed by atoms with Crippen molar-refractivity contribution in [2.75, 3.05) is 20.3 Å². The number of nitrogens with two attached hydrogens (primary N) is 1. The molecule has 156 valence electrons. The van der Waals surface area contributed by atoms with Crippen LogP contribution in [-0.4, -0.2) is 37.9 Å². The molecular weight excluding hydrogens is 368 g/mol. The van der Waals surface area contributed by atoms with Crippen LogP contribution in [0.3, 0.4) is 0 Å². The number of hydrogen-bond donors (Lipinski definition) is 1. The van der Waals surface area contributed by atoms with Crippen molar-refractivity contribution in [2.45, 2.75) is 39.5 Å². The van der Waals surface area contributed by atoms with Crippen LogP contribution in [-0.2, 0) is 19.1 Å². The monoisotopic (exact) mass is 398 g/mol. The van der Waals surface area contributed by atoms with Crippen molar-refractivity contribution in [1.29, 1.82) is 0 Å². The molecule has 1 aromatic carbocycles. The Morgan fingerprint density at radius 3 is 2.62 bits per heavy atom. The third-order valence-corrected chi connectivity index (χ3v) is 4.96. The molecule has 1 aliphatic rings. The summed E-state index contributed by atoms with van der Waals surface area (Å²) in [6.07, 6.45) is 5.33. The van der Waals surface area contributed by atoms with Crippen molar-refractivity contribution in [1.82, 2.24) is 0 Å². The number of carbonyl (C=O) groups excluding carboxylic acids is 2. The van der Waals surface area contributed by atoms with Crippen molar-refractivity contribution in [3.05, 3.63) is 58.8 Å². The molecule has 0 saturated carbocycles. The topological polar surface area (TPSA) is 91.0 Å². The van der Waals surface area contributed by atoms with Crippen LogP contribution in [0, 0.1) is 12.8 Å². The van der Waals surface area contributed by atoms with Crippen LogP contribution in [0.2, 0.25) is 0 Å². The Morgan fingerprint density at radius 2 is 1.97 bits per heavy atom. The lowest BCUT2D eigenvalue weighted by molar-refractivity contribution is -0.144. The van der Waals surface area contributed by atoms with Gasteiger partial charge in [-0.05, 0) is 39.2 Å². The van der Waals surface area contributed by atoms with Gasteiger partial charge >= 0.3 is 11.9 Å². The first-order valence-corrected chi connectivity index (χ1v) is 9.83. The van der Waals surface area contributed by atoms with Gasteiger partial charge < -0.3 is 15.2 Å². The predicted octanol–water partition coefficient (Wildman–Crippen LogP) is 3.45. The molecule has 6 heteroatoms. The highest BCUT2D eigenvalue weighted by atomic mass is 16.5. The molecule has 2 N–H and O–H groups in total. The van der Waals surface area contributed by atoms with Crippen LogP contribution < -0.4 is 5.73 Å². The van der Waals surface area contributed by atoms with E-state index in [9.17, 15) is 9.59 Å². The molecule has 0 radical (unpaired) electrons. The first-order valence-electron chi connectivity index (χ1n) is 9.83. The molecule has 0 spiro atoms. The van der Waals surface area contributed by atoms with Crippen molar-refractivity contribution >= 4 is 17.7 Å². The molecule has 0 amide bonds. The molecule has 2 atom stereocenters. The number of hydrogen-bond acceptors (Lipinski definition) is 6. The molecule has 0 aliphatic carbocycles. The van der Waals surface area contributed by atoms with E-state index in [0.29, 0.717) is 29.9 Å². The Morgan fingerprint density at radius 1 is 1.21 bits per heavy atom. The van der Waals surface area contributed by atoms with Gasteiger partial charge in [0.05, 0.1) is 19.3 Å². The number of aliphatic imine (C=N–C) groups is 1. The van der Waals surface area contributed by atoms with Crippen molar-refractivity contribution in [3.63, 3.8) is 0 Å². The van der Waals surface area contributed by atoms with Gasteiger partial charge in [0.15, 0.2) is 0 Å². The average molecular weight is 399 g/mol. The zero-order valence-corrected chi connectivity index (χ0v) is 17.6. The summed E-state index contributed by atoms with van der Waals surface area (Å²) < 4.78 is 10.6. The average Bonchev–Trinajstić information content (AvgIpc) is 2.69. The number of esters is 2. The van der Waals surface area contributed by atoms with Gasteiger partial charge in [0.25, 0.3) is 0 Å². The Labute approximate surface area is 172 Å². The third-order valence-electron chi connectivity index (χ3n) is 4.96. The van der Waals surface area contributed by atoms with Crippen LogP contribution in [0.25, 0.3) is 0 Å². The van der Waals surface area contributed by atoms with E-state index in [4.69, 9.17) is 15.2 Å². The maximum atomic E-state index is 13.0. The van der Waals surface area contributed by atoms with Gasteiger partial charge in [-0.1, -0.05) is 42.0 Å². The van der Waals surface area contributed by atoms with Crippen LogP contribution in [0.4, 0.5) is 0 Å². The molecular formula is C23H30N2O4. The molecule has 1 aliphatic heterocycles. The molecule has 2 unspecified atom stereocenters. The Balaban J connectivity index is 2.34. The van der Waals surface area contributed by atoms with E-state index in [1.165, 1.54) is 7.11 Å². The Hall–Kier alpha value is -2.73. The van der Waals surface area contributed by atoms with E-state index in [1.807, 2.05) is 43.3 Å². The van der Waals surface area contributed by atoms with Crippen LogP contribution in [0.15, 0.2) is 52.7 Å². The molecule has 0 fully saturated rings. The summed E-state index contributed by atoms with van der Waals surface area (Å²) in [7, 11) is 1.35. The first-order chi connectivity index (χ1) is 13.9. The zero-order chi connectivity index (χ0) is 21.4. The van der Waals surface area contributed by atoms with Gasteiger partial charge in [-0.2, -0.15) is 0 Å². The van der Waals surface area contributed by atoms with Crippen LogP contribution in [0.5, 0.6) is 0 Å². The van der Waals surface area contributed by atoms with Crippen LogP contribution in [0.1, 0.15) is 43.7 Å². The molecule has 29 heavy (non-hydrogen) atoms. The van der Waals surface area contributed by atoms with E-state index >= 15 is 0 Å². The molecule has 1 heterocycles. The predicted molar refractivity (Wildman–Crippen MR) is 114 cm³/mol. The highest BCUT2D eigenvalue weighted by molar-refractivity contribution is 6.06. The number of unbranched alkanes of at least 4 members (excludes halogenated alkanes) is 1. The lowest BCUT2D eigenvalue weighted by Gasteiger charge is -2.31. The van der Waals surface area contributed by atoms with Gasteiger partial charge in [0, 0.05) is 23.9 Å². The maximum Gasteiger partial charge on any atom is 0.336 e.